The van der Waals surface area contributed by atoms with Gasteiger partial charge >= 0.3 is 0 Å². The fraction of sp³-hybridized carbons (Fsp3) is 1.00. The lowest BCUT2D eigenvalue weighted by molar-refractivity contribution is 0.00374. The van der Waals surface area contributed by atoms with Crippen molar-refractivity contribution in [1.82, 2.24) is 10.2 Å². The van der Waals surface area contributed by atoms with E-state index in [4.69, 9.17) is 4.74 Å². The van der Waals surface area contributed by atoms with Crippen LogP contribution in [0.25, 0.3) is 0 Å². The molecule has 1 N–H and O–H groups in total. The number of likely N-dealkylation sites (tertiary alicyclic amines) is 1. The minimum Gasteiger partial charge on any atom is -0.378 e. The van der Waals surface area contributed by atoms with Crippen molar-refractivity contribution in [1.29, 1.82) is 0 Å². The Morgan fingerprint density at radius 2 is 1.76 bits per heavy atom. The van der Waals surface area contributed by atoms with Crippen molar-refractivity contribution in [3.63, 3.8) is 0 Å². The molecule has 0 amide bonds. The van der Waals surface area contributed by atoms with Crippen LogP contribution in [0.5, 0.6) is 0 Å². The summed E-state index contributed by atoms with van der Waals surface area (Å²) in [6, 6.07) is 0. The van der Waals surface area contributed by atoms with E-state index in [2.05, 4.69) is 37.9 Å². The van der Waals surface area contributed by atoms with Gasteiger partial charge in [-0.1, -0.05) is 12.8 Å². The Balaban J connectivity index is 1.83. The molecular weight excluding hydrogens is 260 g/mol. The Morgan fingerprint density at radius 3 is 2.29 bits per heavy atom. The largest absolute Gasteiger partial charge is 0.378 e. The summed E-state index contributed by atoms with van der Waals surface area (Å²) < 4.78 is 5.78. The van der Waals surface area contributed by atoms with Crippen molar-refractivity contribution in [2.45, 2.75) is 77.9 Å². The Bertz CT molecular complexity index is 297. The molecule has 0 aromatic carbocycles. The average molecular weight is 296 g/mol. The number of hydrogen-bond donors (Lipinski definition) is 1. The molecule has 2 fully saturated rings. The van der Waals surface area contributed by atoms with Crippen LogP contribution in [0.1, 0.15) is 66.2 Å². The summed E-state index contributed by atoms with van der Waals surface area (Å²) in [5, 5.41) is 3.77. The second kappa shape index (κ2) is 7.43. The third-order valence-corrected chi connectivity index (χ3v) is 5.15. The third kappa shape index (κ3) is 5.54. The minimum absolute atomic E-state index is 0.234. The lowest BCUT2D eigenvalue weighted by Gasteiger charge is -2.40. The predicted molar refractivity (Wildman–Crippen MR) is 89.7 cm³/mol. The molecule has 2 rings (SSSR count). The van der Waals surface area contributed by atoms with Crippen molar-refractivity contribution in [2.75, 3.05) is 32.8 Å². The maximum atomic E-state index is 5.78. The van der Waals surface area contributed by atoms with Crippen LogP contribution in [0, 0.1) is 5.41 Å². The van der Waals surface area contributed by atoms with E-state index in [0.29, 0.717) is 11.5 Å². The number of nitrogens with one attached hydrogen (secondary N) is 1. The van der Waals surface area contributed by atoms with Crippen LogP contribution in [0.2, 0.25) is 0 Å². The van der Waals surface area contributed by atoms with Crippen molar-refractivity contribution >= 4 is 0 Å². The molecule has 0 aromatic rings. The number of hydrogen-bond acceptors (Lipinski definition) is 3. The van der Waals surface area contributed by atoms with Gasteiger partial charge in [-0.25, -0.2) is 0 Å². The number of rotatable bonds is 6. The first-order chi connectivity index (χ1) is 9.92. The molecule has 0 aromatic heterocycles. The van der Waals surface area contributed by atoms with E-state index < -0.39 is 0 Å². The molecule has 124 valence electrons. The Kier molecular flexibility index (Phi) is 6.10. The summed E-state index contributed by atoms with van der Waals surface area (Å²) in [5.41, 5.74) is 0.753. The highest BCUT2D eigenvalue weighted by atomic mass is 16.5. The monoisotopic (exact) mass is 296 g/mol. The van der Waals surface area contributed by atoms with Crippen LogP contribution in [-0.2, 0) is 4.74 Å². The highest BCUT2D eigenvalue weighted by molar-refractivity contribution is 4.92. The first kappa shape index (κ1) is 17.2. The maximum Gasteiger partial charge on any atom is 0.0599 e. The van der Waals surface area contributed by atoms with Gasteiger partial charge < -0.3 is 15.0 Å². The van der Waals surface area contributed by atoms with Crippen LogP contribution in [0.3, 0.4) is 0 Å². The SMILES string of the molecule is CCOC1CCN(CC2(CNC(C)(C)C)CCCC2)CC1. The Labute approximate surface area is 131 Å². The van der Waals surface area contributed by atoms with Crippen LogP contribution in [-0.4, -0.2) is 49.3 Å². The molecule has 1 aliphatic carbocycles. The van der Waals surface area contributed by atoms with E-state index in [9.17, 15) is 0 Å². The molecule has 0 radical (unpaired) electrons. The van der Waals surface area contributed by atoms with E-state index in [0.717, 1.165) is 6.61 Å². The van der Waals surface area contributed by atoms with Gasteiger partial charge in [0.15, 0.2) is 0 Å². The summed E-state index contributed by atoms with van der Waals surface area (Å²) in [6.45, 7) is 14.7. The molecule has 1 saturated carbocycles. The zero-order valence-electron chi connectivity index (χ0n) is 14.7. The Morgan fingerprint density at radius 1 is 1.14 bits per heavy atom. The second-order valence-electron chi connectivity index (χ2n) is 8.24. The topological polar surface area (TPSA) is 24.5 Å². The summed E-state index contributed by atoms with van der Waals surface area (Å²) in [7, 11) is 0. The Hall–Kier alpha value is -0.120. The molecule has 1 saturated heterocycles. The summed E-state index contributed by atoms with van der Waals surface area (Å²) in [4.78, 5) is 2.70. The van der Waals surface area contributed by atoms with Gasteiger partial charge in [0, 0.05) is 38.3 Å². The van der Waals surface area contributed by atoms with Gasteiger partial charge in [-0.05, 0) is 58.8 Å². The highest BCUT2D eigenvalue weighted by Gasteiger charge is 2.37. The van der Waals surface area contributed by atoms with Gasteiger partial charge in [0.1, 0.15) is 0 Å². The minimum atomic E-state index is 0.234. The molecular formula is C18H36N2O. The molecule has 0 unspecified atom stereocenters. The van der Waals surface area contributed by atoms with Gasteiger partial charge in [-0.15, -0.1) is 0 Å². The standard InChI is InChI=1S/C18H36N2O/c1-5-21-16-8-12-20(13-9-16)15-18(10-6-7-11-18)14-19-17(2,3)4/h16,19H,5-15H2,1-4H3. The molecule has 2 aliphatic rings. The maximum absolute atomic E-state index is 5.78. The normalized spacial score (nSPS) is 24.6. The van der Waals surface area contributed by atoms with E-state index in [1.807, 2.05) is 0 Å². The van der Waals surface area contributed by atoms with E-state index in [1.165, 1.54) is 64.7 Å². The van der Waals surface area contributed by atoms with Gasteiger partial charge in [-0.3, -0.25) is 0 Å². The highest BCUT2D eigenvalue weighted by Crippen LogP contribution is 2.39. The van der Waals surface area contributed by atoms with Gasteiger partial charge in [0.2, 0.25) is 0 Å². The molecule has 21 heavy (non-hydrogen) atoms. The fourth-order valence-electron chi connectivity index (χ4n) is 3.91. The van der Waals surface area contributed by atoms with Gasteiger partial charge in [0.25, 0.3) is 0 Å². The van der Waals surface area contributed by atoms with Crippen molar-refractivity contribution < 1.29 is 4.74 Å². The van der Waals surface area contributed by atoms with E-state index >= 15 is 0 Å². The number of piperidine rings is 1. The number of nitrogens with zero attached hydrogens (tertiary/aromatic N) is 1. The van der Waals surface area contributed by atoms with E-state index in [1.54, 1.807) is 0 Å². The van der Waals surface area contributed by atoms with E-state index in [-0.39, 0.29) is 5.54 Å². The molecule has 3 heteroatoms. The zero-order valence-corrected chi connectivity index (χ0v) is 14.7. The molecule has 1 heterocycles. The fourth-order valence-corrected chi connectivity index (χ4v) is 3.91. The zero-order chi connectivity index (χ0) is 15.3. The second-order valence-corrected chi connectivity index (χ2v) is 8.24. The van der Waals surface area contributed by atoms with Crippen molar-refractivity contribution in [3.05, 3.63) is 0 Å². The van der Waals surface area contributed by atoms with Crippen LogP contribution < -0.4 is 5.32 Å². The van der Waals surface area contributed by atoms with Crippen LogP contribution >= 0.6 is 0 Å². The summed E-state index contributed by atoms with van der Waals surface area (Å²) in [6.07, 6.45) is 8.59. The van der Waals surface area contributed by atoms with Crippen LogP contribution in [0.15, 0.2) is 0 Å². The molecule has 0 atom stereocenters. The third-order valence-electron chi connectivity index (χ3n) is 5.15. The number of ether oxygens (including phenoxy) is 1. The van der Waals surface area contributed by atoms with Gasteiger partial charge in [0.05, 0.1) is 6.10 Å². The summed E-state index contributed by atoms with van der Waals surface area (Å²) >= 11 is 0. The first-order valence-electron chi connectivity index (χ1n) is 9.01. The lowest BCUT2D eigenvalue weighted by Crippen LogP contribution is -2.49. The van der Waals surface area contributed by atoms with Gasteiger partial charge in [-0.2, -0.15) is 0 Å². The molecule has 1 aliphatic heterocycles. The summed E-state index contributed by atoms with van der Waals surface area (Å²) in [5.74, 6) is 0. The smallest absolute Gasteiger partial charge is 0.0599 e. The molecule has 0 bridgehead atoms. The van der Waals surface area contributed by atoms with Crippen molar-refractivity contribution in [3.8, 4) is 0 Å². The predicted octanol–water partition coefficient (Wildman–Crippen LogP) is 3.44. The molecule has 0 spiro atoms. The lowest BCUT2D eigenvalue weighted by atomic mass is 9.84. The quantitative estimate of drug-likeness (QED) is 0.812. The average Bonchev–Trinajstić information content (AvgIpc) is 2.88. The first-order valence-corrected chi connectivity index (χ1v) is 9.01. The van der Waals surface area contributed by atoms with Crippen molar-refractivity contribution in [2.24, 2.45) is 5.41 Å². The molecule has 3 nitrogen and oxygen atoms in total. The van der Waals surface area contributed by atoms with Crippen LogP contribution in [0.4, 0.5) is 0 Å².